The summed E-state index contributed by atoms with van der Waals surface area (Å²) in [7, 11) is 0. The van der Waals surface area contributed by atoms with Gasteiger partial charge in [0, 0.05) is 17.6 Å². The number of pyridine rings is 1. The van der Waals surface area contributed by atoms with Crippen LogP contribution in [0.3, 0.4) is 0 Å². The molecule has 0 N–H and O–H groups in total. The van der Waals surface area contributed by atoms with Crippen LogP contribution in [0.15, 0.2) is 33.4 Å². The number of aldehydes is 1. The molecule has 3 rings (SSSR count). The van der Waals surface area contributed by atoms with Gasteiger partial charge in [0.15, 0.2) is 12.0 Å². The Hall–Kier alpha value is -2.10. The lowest BCUT2D eigenvalue weighted by Gasteiger charge is -1.87. The molecule has 0 radical (unpaired) electrons. The van der Waals surface area contributed by atoms with Crippen LogP contribution in [0.25, 0.3) is 22.1 Å². The molecular weight excluding hydrogens is 182 g/mol. The Labute approximate surface area is 78.1 Å². The van der Waals surface area contributed by atoms with Gasteiger partial charge in [-0.25, -0.2) is 4.98 Å². The molecule has 68 valence electrons. The summed E-state index contributed by atoms with van der Waals surface area (Å²) in [4.78, 5) is 14.6. The number of hydrogen-bond acceptors (Lipinski definition) is 4. The summed E-state index contributed by atoms with van der Waals surface area (Å²) in [6.45, 7) is 0. The van der Waals surface area contributed by atoms with E-state index in [2.05, 4.69) is 4.98 Å². The monoisotopic (exact) mass is 187 g/mol. The first-order valence-electron chi connectivity index (χ1n) is 4.09. The summed E-state index contributed by atoms with van der Waals surface area (Å²) in [5.74, 6) is 0.261. The molecule has 14 heavy (non-hydrogen) atoms. The van der Waals surface area contributed by atoms with Gasteiger partial charge in [-0.3, -0.25) is 4.79 Å². The van der Waals surface area contributed by atoms with Crippen molar-refractivity contribution in [3.63, 3.8) is 0 Å². The Morgan fingerprint density at radius 2 is 2.36 bits per heavy atom. The number of aromatic nitrogens is 1. The summed E-state index contributed by atoms with van der Waals surface area (Å²) >= 11 is 0. The fourth-order valence-electron chi connectivity index (χ4n) is 1.48. The molecular formula is C10H5NO3. The lowest BCUT2D eigenvalue weighted by Crippen LogP contribution is -1.71. The molecule has 0 saturated heterocycles. The van der Waals surface area contributed by atoms with Crippen LogP contribution >= 0.6 is 0 Å². The molecule has 0 spiro atoms. The SMILES string of the molecule is O=Cc1cc2c(ncc3ccoc32)o1. The van der Waals surface area contributed by atoms with Crippen molar-refractivity contribution < 1.29 is 13.6 Å². The number of nitrogens with zero attached hydrogens (tertiary/aromatic N) is 1. The second-order valence-electron chi connectivity index (χ2n) is 2.95. The lowest BCUT2D eigenvalue weighted by molar-refractivity contribution is 0.110. The first-order chi connectivity index (χ1) is 6.88. The van der Waals surface area contributed by atoms with E-state index in [9.17, 15) is 4.79 Å². The molecule has 0 aromatic carbocycles. The van der Waals surface area contributed by atoms with Crippen LogP contribution in [0, 0.1) is 0 Å². The molecule has 0 saturated carbocycles. The number of carbonyl (C=O) groups is 1. The van der Waals surface area contributed by atoms with Crippen molar-refractivity contribution in [2.24, 2.45) is 0 Å². The third-order valence-corrected chi connectivity index (χ3v) is 2.11. The quantitative estimate of drug-likeness (QED) is 0.549. The van der Waals surface area contributed by atoms with Crippen molar-refractivity contribution in [1.29, 1.82) is 0 Å². The summed E-state index contributed by atoms with van der Waals surface area (Å²) < 4.78 is 10.4. The molecule has 0 aliphatic rings. The fraction of sp³-hybridized carbons (Fsp3) is 0. The van der Waals surface area contributed by atoms with Crippen LogP contribution in [0.4, 0.5) is 0 Å². The topological polar surface area (TPSA) is 56.2 Å². The molecule has 3 aromatic heterocycles. The molecule has 0 atom stereocenters. The molecule has 4 nitrogen and oxygen atoms in total. The summed E-state index contributed by atoms with van der Waals surface area (Å²) in [5, 5.41) is 1.63. The van der Waals surface area contributed by atoms with Gasteiger partial charge < -0.3 is 8.83 Å². The molecule has 0 aliphatic heterocycles. The van der Waals surface area contributed by atoms with Gasteiger partial charge in [0.05, 0.1) is 11.6 Å². The van der Waals surface area contributed by atoms with Gasteiger partial charge in [0.1, 0.15) is 5.58 Å². The van der Waals surface area contributed by atoms with E-state index in [1.165, 1.54) is 0 Å². The van der Waals surface area contributed by atoms with Crippen molar-refractivity contribution in [2.45, 2.75) is 0 Å². The third-order valence-electron chi connectivity index (χ3n) is 2.11. The maximum atomic E-state index is 10.5. The fourth-order valence-corrected chi connectivity index (χ4v) is 1.48. The van der Waals surface area contributed by atoms with Gasteiger partial charge >= 0.3 is 0 Å². The van der Waals surface area contributed by atoms with Crippen LogP contribution in [0.1, 0.15) is 10.6 Å². The largest absolute Gasteiger partial charge is 0.463 e. The molecule has 0 bridgehead atoms. The number of carbonyl (C=O) groups excluding carboxylic acids is 1. The Morgan fingerprint density at radius 3 is 3.21 bits per heavy atom. The van der Waals surface area contributed by atoms with Gasteiger partial charge in [-0.15, -0.1) is 0 Å². The van der Waals surface area contributed by atoms with Crippen LogP contribution in [0.5, 0.6) is 0 Å². The van der Waals surface area contributed by atoms with Crippen molar-refractivity contribution >= 4 is 28.4 Å². The van der Waals surface area contributed by atoms with E-state index < -0.39 is 0 Å². The molecule has 0 unspecified atom stereocenters. The van der Waals surface area contributed by atoms with Crippen LogP contribution in [0.2, 0.25) is 0 Å². The minimum Gasteiger partial charge on any atom is -0.463 e. The minimum absolute atomic E-state index is 0.261. The van der Waals surface area contributed by atoms with Crippen molar-refractivity contribution in [1.82, 2.24) is 4.98 Å². The molecule has 0 amide bonds. The summed E-state index contributed by atoms with van der Waals surface area (Å²) in [6, 6.07) is 3.44. The van der Waals surface area contributed by atoms with Gasteiger partial charge in [-0.1, -0.05) is 0 Å². The van der Waals surface area contributed by atoms with Crippen LogP contribution in [-0.4, -0.2) is 11.3 Å². The zero-order valence-corrected chi connectivity index (χ0v) is 7.06. The second-order valence-corrected chi connectivity index (χ2v) is 2.95. The summed E-state index contributed by atoms with van der Waals surface area (Å²) in [5.41, 5.74) is 1.13. The normalized spacial score (nSPS) is 11.1. The smallest absolute Gasteiger partial charge is 0.230 e. The number of furan rings is 2. The Bertz CT molecular complexity index is 620. The van der Waals surface area contributed by atoms with Crippen LogP contribution in [-0.2, 0) is 0 Å². The first-order valence-corrected chi connectivity index (χ1v) is 4.09. The number of fused-ring (bicyclic) bond motifs is 3. The highest BCUT2D eigenvalue weighted by atomic mass is 16.4. The van der Waals surface area contributed by atoms with E-state index in [0.717, 1.165) is 10.8 Å². The van der Waals surface area contributed by atoms with E-state index in [-0.39, 0.29) is 5.76 Å². The Balaban J connectivity index is 2.54. The van der Waals surface area contributed by atoms with Crippen LogP contribution < -0.4 is 0 Å². The van der Waals surface area contributed by atoms with E-state index >= 15 is 0 Å². The highest BCUT2D eigenvalue weighted by Gasteiger charge is 2.09. The Morgan fingerprint density at radius 1 is 1.43 bits per heavy atom. The van der Waals surface area contributed by atoms with E-state index in [1.807, 2.05) is 6.07 Å². The van der Waals surface area contributed by atoms with Gasteiger partial charge in [-0.2, -0.15) is 0 Å². The second kappa shape index (κ2) is 2.45. The molecule has 4 heteroatoms. The number of hydrogen-bond donors (Lipinski definition) is 0. The predicted molar refractivity (Wildman–Crippen MR) is 49.2 cm³/mol. The highest BCUT2D eigenvalue weighted by Crippen LogP contribution is 2.26. The molecule has 0 fully saturated rings. The van der Waals surface area contributed by atoms with Gasteiger partial charge in [-0.05, 0) is 6.07 Å². The summed E-state index contributed by atoms with van der Waals surface area (Å²) in [6.07, 6.45) is 3.88. The standard InChI is InChI=1S/C10H5NO3/c12-5-7-3-8-9-6(1-2-13-9)4-11-10(8)14-7/h1-5H. The predicted octanol–water partition coefficient (Wildman–Crippen LogP) is 2.39. The average molecular weight is 187 g/mol. The van der Waals surface area contributed by atoms with E-state index in [1.54, 1.807) is 18.5 Å². The van der Waals surface area contributed by atoms with Gasteiger partial charge in [0.2, 0.25) is 5.71 Å². The van der Waals surface area contributed by atoms with Gasteiger partial charge in [0.25, 0.3) is 0 Å². The minimum atomic E-state index is 0.261. The molecule has 3 heterocycles. The van der Waals surface area contributed by atoms with E-state index in [4.69, 9.17) is 8.83 Å². The maximum Gasteiger partial charge on any atom is 0.230 e. The Kier molecular flexibility index (Phi) is 1.28. The average Bonchev–Trinajstić information content (AvgIpc) is 2.82. The molecule has 3 aromatic rings. The third kappa shape index (κ3) is 0.821. The van der Waals surface area contributed by atoms with Crippen molar-refractivity contribution in [3.05, 3.63) is 30.4 Å². The lowest BCUT2D eigenvalue weighted by atomic mass is 10.2. The molecule has 0 aliphatic carbocycles. The van der Waals surface area contributed by atoms with Crippen molar-refractivity contribution in [3.8, 4) is 0 Å². The highest BCUT2D eigenvalue weighted by molar-refractivity contribution is 6.01. The maximum absolute atomic E-state index is 10.5. The van der Waals surface area contributed by atoms with Crippen molar-refractivity contribution in [2.75, 3.05) is 0 Å². The van der Waals surface area contributed by atoms with E-state index in [0.29, 0.717) is 17.6 Å². The first kappa shape index (κ1) is 7.32. The zero-order chi connectivity index (χ0) is 9.54. The number of rotatable bonds is 1. The zero-order valence-electron chi connectivity index (χ0n) is 7.06.